The summed E-state index contributed by atoms with van der Waals surface area (Å²) in [5.74, 6) is 0. The number of unbranched alkanes of at least 4 members (excludes halogenated alkanes) is 27. The number of rotatable bonds is 36. The van der Waals surface area contributed by atoms with Gasteiger partial charge in [0.1, 0.15) is 0 Å². The minimum atomic E-state index is 1.21. The second-order valence-electron chi connectivity index (χ2n) is 19.7. The highest BCUT2D eigenvalue weighted by molar-refractivity contribution is 7.32. The van der Waals surface area contributed by atoms with Crippen LogP contribution in [0.2, 0.25) is 0 Å². The molecule has 7 rings (SSSR count). The van der Waals surface area contributed by atoms with E-state index in [0.717, 1.165) is 0 Å². The van der Waals surface area contributed by atoms with E-state index in [0.29, 0.717) is 0 Å². The summed E-state index contributed by atoms with van der Waals surface area (Å²) in [4.78, 5) is 9.01. The van der Waals surface area contributed by atoms with E-state index in [1.165, 1.54) is 271 Å². The number of aryl methyl sites for hydroxylation is 3. The average molecular weight is 998 g/mol. The molecule has 0 amide bonds. The number of fused-ring (bicyclic) bond motifs is 6. The van der Waals surface area contributed by atoms with E-state index < -0.39 is 0 Å². The topological polar surface area (TPSA) is 0 Å². The van der Waals surface area contributed by atoms with Gasteiger partial charge in [-0.15, -0.1) is 68.0 Å². The molecule has 7 aromatic rings. The Hall–Kier alpha value is -1.80. The smallest absolute Gasteiger partial charge is 0.0474 e. The molecule has 0 fully saturated rings. The molecule has 66 heavy (non-hydrogen) atoms. The average Bonchev–Trinajstić information content (AvgIpc) is 4.19. The Morgan fingerprint density at radius 1 is 0.288 bits per heavy atom. The Kier molecular flexibility index (Phi) is 23.2. The summed E-state index contributed by atoms with van der Waals surface area (Å²) in [6.07, 6.45) is 45.5. The third-order valence-electron chi connectivity index (χ3n) is 14.2. The fourth-order valence-electron chi connectivity index (χ4n) is 10.3. The predicted molar refractivity (Wildman–Crippen MR) is 309 cm³/mol. The fourth-order valence-corrected chi connectivity index (χ4v) is 17.4. The molecule has 0 radical (unpaired) electrons. The SMILES string of the molecule is CCCCCCCCCCCCc1ccsc1-c1cc2c(s1)c1cc(-c3sccc3CCCCCCCCCCCC)sc1c1cc(-c3sccc3CCCCCCCCCCCC)sc21. The zero-order valence-electron chi connectivity index (χ0n) is 41.5. The Bertz CT molecular complexity index is 2020. The zero-order valence-corrected chi connectivity index (χ0v) is 46.4. The first-order chi connectivity index (χ1) is 32.7. The van der Waals surface area contributed by atoms with Crippen LogP contribution >= 0.6 is 68.0 Å². The molecule has 6 heteroatoms. The maximum absolute atomic E-state index is 2.61. The molecule has 0 spiro atoms. The van der Waals surface area contributed by atoms with Crippen LogP contribution in [0, 0.1) is 0 Å². The van der Waals surface area contributed by atoms with Gasteiger partial charge in [0.25, 0.3) is 0 Å². The van der Waals surface area contributed by atoms with Crippen LogP contribution in [0.3, 0.4) is 0 Å². The summed E-state index contributed by atoms with van der Waals surface area (Å²) >= 11 is 12.2. The van der Waals surface area contributed by atoms with Crippen LogP contribution in [-0.4, -0.2) is 0 Å². The van der Waals surface area contributed by atoms with Crippen molar-refractivity contribution in [2.45, 2.75) is 233 Å². The molecule has 0 nitrogen and oxygen atoms in total. The van der Waals surface area contributed by atoms with Crippen molar-refractivity contribution in [1.82, 2.24) is 0 Å². The Morgan fingerprint density at radius 2 is 0.515 bits per heavy atom. The van der Waals surface area contributed by atoms with Crippen molar-refractivity contribution < 1.29 is 0 Å². The molecule has 0 saturated carbocycles. The van der Waals surface area contributed by atoms with Crippen LogP contribution in [0.1, 0.15) is 230 Å². The van der Waals surface area contributed by atoms with Gasteiger partial charge in [0, 0.05) is 59.5 Å². The van der Waals surface area contributed by atoms with E-state index >= 15 is 0 Å². The molecule has 0 aliphatic carbocycles. The first-order valence-electron chi connectivity index (χ1n) is 27.3. The quantitative estimate of drug-likeness (QED) is 0.0344. The van der Waals surface area contributed by atoms with Gasteiger partial charge in [-0.2, -0.15) is 0 Å². The number of hydrogen-bond acceptors (Lipinski definition) is 6. The van der Waals surface area contributed by atoms with E-state index in [9.17, 15) is 0 Å². The fraction of sp³-hybridized carbons (Fsp3) is 0.600. The molecule has 0 aliphatic rings. The summed E-state index contributed by atoms with van der Waals surface area (Å²) in [7, 11) is 0. The van der Waals surface area contributed by atoms with Crippen molar-refractivity contribution in [3.63, 3.8) is 0 Å². The van der Waals surface area contributed by atoms with Crippen LogP contribution in [0.15, 0.2) is 52.5 Å². The highest BCUT2D eigenvalue weighted by atomic mass is 32.1. The van der Waals surface area contributed by atoms with Crippen LogP contribution < -0.4 is 0 Å². The Morgan fingerprint density at radius 3 is 0.758 bits per heavy atom. The van der Waals surface area contributed by atoms with E-state index in [1.807, 2.05) is 34.0 Å². The van der Waals surface area contributed by atoms with Crippen molar-refractivity contribution >= 4 is 98.3 Å². The third-order valence-corrected chi connectivity index (χ3v) is 21.2. The Balaban J connectivity index is 1.08. The minimum absolute atomic E-state index is 1.21. The van der Waals surface area contributed by atoms with Gasteiger partial charge in [-0.3, -0.25) is 0 Å². The van der Waals surface area contributed by atoms with E-state index in [1.54, 1.807) is 16.7 Å². The highest BCUT2D eigenvalue weighted by Gasteiger charge is 2.22. The third kappa shape index (κ3) is 15.1. The second kappa shape index (κ2) is 29.4. The van der Waals surface area contributed by atoms with Gasteiger partial charge in [0.15, 0.2) is 0 Å². The first-order valence-corrected chi connectivity index (χ1v) is 32.4. The lowest BCUT2D eigenvalue weighted by Gasteiger charge is -2.04. The van der Waals surface area contributed by atoms with Gasteiger partial charge in [-0.25, -0.2) is 0 Å². The van der Waals surface area contributed by atoms with E-state index in [-0.39, 0.29) is 0 Å². The predicted octanol–water partition coefficient (Wildman–Crippen LogP) is 23.9. The normalized spacial score (nSPS) is 12.0. The molecule has 6 aromatic heterocycles. The highest BCUT2D eigenvalue weighted by Crippen LogP contribution is 2.53. The molecular weight excluding hydrogens is 913 g/mol. The van der Waals surface area contributed by atoms with Gasteiger partial charge in [-0.05, 0) is 108 Å². The molecule has 0 N–H and O–H groups in total. The van der Waals surface area contributed by atoms with Gasteiger partial charge >= 0.3 is 0 Å². The largest absolute Gasteiger partial charge is 0.143 e. The van der Waals surface area contributed by atoms with Crippen LogP contribution in [0.25, 0.3) is 59.5 Å². The molecule has 0 unspecified atom stereocenters. The van der Waals surface area contributed by atoms with E-state index in [2.05, 4.69) is 107 Å². The van der Waals surface area contributed by atoms with Gasteiger partial charge < -0.3 is 0 Å². The molecule has 1 aromatic carbocycles. The van der Waals surface area contributed by atoms with Gasteiger partial charge in [-0.1, -0.05) is 194 Å². The van der Waals surface area contributed by atoms with E-state index in [4.69, 9.17) is 0 Å². The second-order valence-corrected chi connectivity index (χ2v) is 25.6. The van der Waals surface area contributed by atoms with Crippen molar-refractivity contribution in [3.05, 3.63) is 69.2 Å². The molecule has 0 saturated heterocycles. The number of hydrogen-bond donors (Lipinski definition) is 0. The number of benzene rings is 1. The minimum Gasteiger partial charge on any atom is -0.143 e. The van der Waals surface area contributed by atoms with Crippen molar-refractivity contribution in [1.29, 1.82) is 0 Å². The van der Waals surface area contributed by atoms with Crippen LogP contribution in [-0.2, 0) is 19.3 Å². The van der Waals surface area contributed by atoms with Crippen molar-refractivity contribution in [2.24, 2.45) is 0 Å². The van der Waals surface area contributed by atoms with Crippen molar-refractivity contribution in [3.8, 4) is 29.3 Å². The summed E-state index contributed by atoms with van der Waals surface area (Å²) in [6.45, 7) is 6.95. The zero-order chi connectivity index (χ0) is 45.6. The first kappa shape index (κ1) is 52.0. The van der Waals surface area contributed by atoms with Crippen LogP contribution in [0.4, 0.5) is 0 Å². The van der Waals surface area contributed by atoms with Gasteiger partial charge in [0.2, 0.25) is 0 Å². The Labute approximate surface area is 426 Å². The molecule has 0 aliphatic heterocycles. The molecule has 360 valence electrons. The maximum Gasteiger partial charge on any atom is 0.0474 e. The molecule has 0 bridgehead atoms. The van der Waals surface area contributed by atoms with Crippen LogP contribution in [0.5, 0.6) is 0 Å². The summed E-state index contributed by atoms with van der Waals surface area (Å²) < 4.78 is 4.52. The molecular formula is C60H84S6. The van der Waals surface area contributed by atoms with Gasteiger partial charge in [0.05, 0.1) is 0 Å². The lowest BCUT2D eigenvalue weighted by molar-refractivity contribution is 0.556. The lowest BCUT2D eigenvalue weighted by Crippen LogP contribution is -1.86. The summed E-state index contributed by atoms with van der Waals surface area (Å²) in [6, 6.07) is 15.1. The maximum atomic E-state index is 2.61. The van der Waals surface area contributed by atoms with Crippen molar-refractivity contribution in [2.75, 3.05) is 0 Å². The molecule has 6 heterocycles. The summed E-state index contributed by atoms with van der Waals surface area (Å²) in [5.41, 5.74) is 4.71. The molecule has 0 atom stereocenters. The lowest BCUT2D eigenvalue weighted by atomic mass is 10.0. The standard InChI is InChI=1S/C60H84S6/c1-4-7-10-13-16-19-22-25-28-31-34-46-37-40-61-55(46)52-43-49-58(64-52)50-44-53(56-47(38-41-62-56)35-32-29-26-23-20-17-14-11-8-5-2)66-60(50)51-45-54(65-59(49)51)57-48(39-42-63-57)36-33-30-27-24-21-18-15-12-9-6-3/h37-45H,4-36H2,1-3H3. The summed E-state index contributed by atoms with van der Waals surface area (Å²) in [5, 5.41) is 11.6. The number of thiophene rings is 6. The monoisotopic (exact) mass is 996 g/mol.